The SMILES string of the molecule is CCSCC(CCCCNC)C(=O)NCCCCN[C@@H](CCCCN)C(=O)NO/C=N/N[C@H](C=O)CCC(=O)O. The molecule has 0 aromatic carbocycles. The molecule has 0 spiro atoms. The molecule has 2 amide bonds. The number of unbranched alkanes of at least 4 members (excludes halogenated alkanes) is 3. The maximum absolute atomic E-state index is 12.7. The predicted molar refractivity (Wildman–Crippen MR) is 159 cm³/mol. The first kappa shape index (κ1) is 37.6. The van der Waals surface area contributed by atoms with Gasteiger partial charge in [0.2, 0.25) is 12.3 Å². The van der Waals surface area contributed by atoms with Crippen molar-refractivity contribution in [2.45, 2.75) is 83.2 Å². The molecule has 0 bridgehead atoms. The lowest BCUT2D eigenvalue weighted by atomic mass is 10.0. The van der Waals surface area contributed by atoms with Gasteiger partial charge in [-0.15, -0.1) is 5.10 Å². The summed E-state index contributed by atoms with van der Waals surface area (Å²) in [5.41, 5.74) is 10.3. The molecule has 232 valence electrons. The zero-order chi connectivity index (χ0) is 29.8. The standard InChI is InChI=1S/C26H51N7O6S/c1-3-40-19-21(10-5-7-15-28-2)25(37)30-17-9-8-16-29-23(11-4-6-14-27)26(38)33-39-20-31-32-22(18-34)12-13-24(35)36/h18,20-23,28-29,32H,3-17,19,27H2,1-2H3,(H,30,37)(H,33,38)(H,35,36)/b31-20+/t21?,22-,23-/m0/s1. The van der Waals surface area contributed by atoms with Crippen molar-refractivity contribution < 1.29 is 29.1 Å². The average Bonchev–Trinajstić information content (AvgIpc) is 2.94. The lowest BCUT2D eigenvalue weighted by molar-refractivity contribution is -0.137. The molecule has 8 N–H and O–H groups in total. The van der Waals surface area contributed by atoms with Gasteiger partial charge >= 0.3 is 5.97 Å². The van der Waals surface area contributed by atoms with Gasteiger partial charge in [-0.25, -0.2) is 0 Å². The fraction of sp³-hybridized carbons (Fsp3) is 0.808. The number of hydrogen-bond acceptors (Lipinski definition) is 11. The van der Waals surface area contributed by atoms with Crippen LogP contribution in [0.5, 0.6) is 0 Å². The summed E-state index contributed by atoms with van der Waals surface area (Å²) in [5.74, 6) is 0.602. The van der Waals surface area contributed by atoms with Crippen LogP contribution in [0.2, 0.25) is 0 Å². The molecule has 0 aliphatic rings. The number of carboxylic acid groups (broad SMARTS) is 1. The summed E-state index contributed by atoms with van der Waals surface area (Å²) < 4.78 is 0. The van der Waals surface area contributed by atoms with Crippen molar-refractivity contribution in [1.29, 1.82) is 0 Å². The number of carboxylic acids is 1. The van der Waals surface area contributed by atoms with Crippen LogP contribution in [0, 0.1) is 5.92 Å². The first-order chi connectivity index (χ1) is 19.4. The predicted octanol–water partition coefficient (Wildman–Crippen LogP) is 0.742. The van der Waals surface area contributed by atoms with Crippen molar-refractivity contribution in [3.8, 4) is 0 Å². The van der Waals surface area contributed by atoms with E-state index >= 15 is 0 Å². The van der Waals surface area contributed by atoms with Crippen molar-refractivity contribution in [1.82, 2.24) is 26.9 Å². The molecule has 0 rings (SSSR count). The summed E-state index contributed by atoms with van der Waals surface area (Å²) in [6, 6.07) is -1.26. The molecule has 1 unspecified atom stereocenters. The van der Waals surface area contributed by atoms with Crippen molar-refractivity contribution in [3.63, 3.8) is 0 Å². The van der Waals surface area contributed by atoms with Crippen LogP contribution in [0.4, 0.5) is 0 Å². The lowest BCUT2D eigenvalue weighted by Gasteiger charge is -2.18. The van der Waals surface area contributed by atoms with Gasteiger partial charge in [0, 0.05) is 24.6 Å². The molecule has 0 heterocycles. The van der Waals surface area contributed by atoms with Crippen LogP contribution in [0.1, 0.15) is 71.1 Å². The van der Waals surface area contributed by atoms with Crippen LogP contribution in [-0.2, 0) is 24.0 Å². The first-order valence-corrected chi connectivity index (χ1v) is 15.4. The van der Waals surface area contributed by atoms with Gasteiger partial charge in [0.1, 0.15) is 6.29 Å². The molecule has 40 heavy (non-hydrogen) atoms. The highest BCUT2D eigenvalue weighted by Gasteiger charge is 2.19. The van der Waals surface area contributed by atoms with E-state index in [-0.39, 0.29) is 30.6 Å². The number of amides is 2. The van der Waals surface area contributed by atoms with Crippen molar-refractivity contribution in [3.05, 3.63) is 0 Å². The lowest BCUT2D eigenvalue weighted by Crippen LogP contribution is -2.44. The average molecular weight is 590 g/mol. The maximum Gasteiger partial charge on any atom is 0.303 e. The summed E-state index contributed by atoms with van der Waals surface area (Å²) in [7, 11) is 1.93. The Balaban J connectivity index is 4.43. The molecule has 0 aliphatic carbocycles. The van der Waals surface area contributed by atoms with E-state index in [9.17, 15) is 19.2 Å². The molecule has 0 radical (unpaired) electrons. The minimum absolute atomic E-state index is 0.0309. The number of hydrogen-bond donors (Lipinski definition) is 7. The minimum Gasteiger partial charge on any atom is -0.481 e. The Morgan fingerprint density at radius 2 is 1.73 bits per heavy atom. The molecule has 14 heteroatoms. The summed E-state index contributed by atoms with van der Waals surface area (Å²) in [4.78, 5) is 51.7. The summed E-state index contributed by atoms with van der Waals surface area (Å²) >= 11 is 1.80. The summed E-state index contributed by atoms with van der Waals surface area (Å²) in [6.45, 7) is 4.79. The Morgan fingerprint density at radius 1 is 1.00 bits per heavy atom. The number of carbonyl (C=O) groups excluding carboxylic acids is 3. The van der Waals surface area contributed by atoms with E-state index in [1.54, 1.807) is 11.8 Å². The number of rotatable bonds is 28. The smallest absolute Gasteiger partial charge is 0.303 e. The highest BCUT2D eigenvalue weighted by atomic mass is 32.2. The second-order valence-electron chi connectivity index (χ2n) is 9.37. The van der Waals surface area contributed by atoms with Crippen LogP contribution in [0.25, 0.3) is 0 Å². The molecule has 0 fully saturated rings. The number of carbonyl (C=O) groups is 4. The van der Waals surface area contributed by atoms with Crippen LogP contribution in [0.3, 0.4) is 0 Å². The number of nitrogens with two attached hydrogens (primary N) is 1. The topological polar surface area (TPSA) is 196 Å². The summed E-state index contributed by atoms with van der Waals surface area (Å²) in [6.07, 6.45) is 8.08. The molecule has 3 atom stereocenters. The van der Waals surface area contributed by atoms with E-state index in [1.165, 1.54) is 0 Å². The molecule has 0 aromatic rings. The molecule has 13 nitrogen and oxygen atoms in total. The summed E-state index contributed by atoms with van der Waals surface area (Å²) in [5, 5.41) is 21.8. The Morgan fingerprint density at radius 3 is 2.40 bits per heavy atom. The third-order valence-electron chi connectivity index (χ3n) is 6.02. The van der Waals surface area contributed by atoms with Crippen molar-refractivity contribution in [2.75, 3.05) is 44.7 Å². The fourth-order valence-electron chi connectivity index (χ4n) is 3.69. The van der Waals surface area contributed by atoms with Crippen LogP contribution in [-0.4, -0.2) is 92.4 Å². The van der Waals surface area contributed by atoms with Gasteiger partial charge < -0.3 is 36.4 Å². The molecular formula is C26H51N7O6S. The molecule has 0 aromatic heterocycles. The van der Waals surface area contributed by atoms with Crippen LogP contribution < -0.4 is 32.6 Å². The highest BCUT2D eigenvalue weighted by molar-refractivity contribution is 7.99. The number of hydroxylamine groups is 1. The monoisotopic (exact) mass is 589 g/mol. The van der Waals surface area contributed by atoms with Crippen molar-refractivity contribution >= 4 is 42.2 Å². The number of aldehydes is 1. The zero-order valence-electron chi connectivity index (χ0n) is 24.1. The highest BCUT2D eigenvalue weighted by Crippen LogP contribution is 2.15. The third-order valence-corrected chi connectivity index (χ3v) is 7.07. The molecule has 0 aliphatic heterocycles. The number of nitrogens with one attached hydrogen (secondary N) is 5. The quantitative estimate of drug-likeness (QED) is 0.0223. The molecular weight excluding hydrogens is 538 g/mol. The maximum atomic E-state index is 12.7. The Hall–Kier alpha value is -2.42. The Bertz CT molecular complexity index is 717. The number of aliphatic carboxylic acids is 1. The van der Waals surface area contributed by atoms with Gasteiger partial charge in [-0.3, -0.25) is 19.8 Å². The molecule has 0 saturated carbocycles. The second-order valence-corrected chi connectivity index (χ2v) is 10.7. The van der Waals surface area contributed by atoms with Gasteiger partial charge in [-0.1, -0.05) is 19.8 Å². The van der Waals surface area contributed by atoms with E-state index in [1.807, 2.05) is 7.05 Å². The number of hydrazone groups is 1. The van der Waals surface area contributed by atoms with Gasteiger partial charge in [0.25, 0.3) is 5.91 Å². The van der Waals surface area contributed by atoms with E-state index in [2.05, 4.69) is 38.9 Å². The van der Waals surface area contributed by atoms with E-state index in [4.69, 9.17) is 15.7 Å². The fourth-order valence-corrected chi connectivity index (χ4v) is 4.53. The number of nitrogens with zero attached hydrogens (tertiary/aromatic N) is 1. The van der Waals surface area contributed by atoms with Crippen LogP contribution in [0.15, 0.2) is 5.10 Å². The first-order valence-electron chi connectivity index (χ1n) is 14.2. The van der Waals surface area contributed by atoms with E-state index in [0.29, 0.717) is 32.3 Å². The Kier molecular flexibility index (Phi) is 25.2. The van der Waals surface area contributed by atoms with Gasteiger partial charge in [-0.2, -0.15) is 17.2 Å². The van der Waals surface area contributed by atoms with Gasteiger partial charge in [-0.05, 0) is 77.4 Å². The normalized spacial score (nSPS) is 13.4. The molecule has 0 saturated heterocycles. The minimum atomic E-state index is -1.01. The van der Waals surface area contributed by atoms with E-state index < -0.39 is 18.1 Å². The largest absolute Gasteiger partial charge is 0.481 e. The number of thioether (sulfide) groups is 1. The second kappa shape index (κ2) is 26.8. The third kappa shape index (κ3) is 21.4. The Labute approximate surface area is 242 Å². The van der Waals surface area contributed by atoms with Gasteiger partial charge in [0.15, 0.2) is 0 Å². The zero-order valence-corrected chi connectivity index (χ0v) is 24.9. The van der Waals surface area contributed by atoms with Crippen molar-refractivity contribution in [2.24, 2.45) is 16.8 Å². The van der Waals surface area contributed by atoms with E-state index in [0.717, 1.165) is 69.4 Å². The van der Waals surface area contributed by atoms with Crippen LogP contribution >= 0.6 is 11.8 Å². The van der Waals surface area contributed by atoms with Gasteiger partial charge in [0.05, 0.1) is 12.1 Å².